The van der Waals surface area contributed by atoms with Gasteiger partial charge in [-0.25, -0.2) is 0 Å². The van der Waals surface area contributed by atoms with Crippen molar-refractivity contribution < 1.29 is 14.7 Å². The average molecular weight is 279 g/mol. The van der Waals surface area contributed by atoms with Gasteiger partial charge in [0.25, 0.3) is 5.91 Å². The molecule has 110 valence electrons. The van der Waals surface area contributed by atoms with Crippen molar-refractivity contribution in [2.45, 2.75) is 13.8 Å². The smallest absolute Gasteiger partial charge is 0.253 e. The molecule has 3 N–H and O–H groups in total. The number of carbonyl (C=O) groups is 1. The van der Waals surface area contributed by atoms with Crippen molar-refractivity contribution in [3.63, 3.8) is 0 Å². The van der Waals surface area contributed by atoms with Gasteiger partial charge in [-0.05, 0) is 26.0 Å². The number of amides is 1. The minimum atomic E-state index is -0.0974. The third-order valence-corrected chi connectivity index (χ3v) is 2.89. The molecule has 1 aromatic rings. The van der Waals surface area contributed by atoms with E-state index in [-0.39, 0.29) is 11.7 Å². The quantitative estimate of drug-likeness (QED) is 0.259. The highest BCUT2D eigenvalue weighted by Crippen LogP contribution is 2.08. The van der Waals surface area contributed by atoms with Crippen LogP contribution in [-0.4, -0.2) is 48.2 Å². The van der Waals surface area contributed by atoms with Crippen LogP contribution in [0, 0.1) is 0 Å². The SMILES string of the molecule is CCOCCN(CC)C(=O)c1cccc(C(N)=NO)c1. The Hall–Kier alpha value is -2.08. The number of carbonyl (C=O) groups excluding carboxylic acids is 1. The van der Waals surface area contributed by atoms with E-state index >= 15 is 0 Å². The summed E-state index contributed by atoms with van der Waals surface area (Å²) in [5.41, 5.74) is 6.55. The van der Waals surface area contributed by atoms with Crippen molar-refractivity contribution in [1.82, 2.24) is 4.90 Å². The second-order valence-corrected chi connectivity index (χ2v) is 4.15. The number of benzene rings is 1. The Morgan fingerprint density at radius 2 is 2.10 bits per heavy atom. The molecule has 0 aliphatic rings. The summed E-state index contributed by atoms with van der Waals surface area (Å²) < 4.78 is 5.27. The predicted molar refractivity (Wildman–Crippen MR) is 77.0 cm³/mol. The summed E-state index contributed by atoms with van der Waals surface area (Å²) in [5.74, 6) is -0.114. The zero-order valence-electron chi connectivity index (χ0n) is 11.9. The molecule has 1 aromatic carbocycles. The van der Waals surface area contributed by atoms with E-state index in [4.69, 9.17) is 15.7 Å². The van der Waals surface area contributed by atoms with Gasteiger partial charge < -0.3 is 20.6 Å². The number of hydrogen-bond acceptors (Lipinski definition) is 4. The number of oxime groups is 1. The Bertz CT molecular complexity index is 474. The molecule has 0 spiro atoms. The summed E-state index contributed by atoms with van der Waals surface area (Å²) in [6, 6.07) is 6.71. The normalized spacial score (nSPS) is 11.4. The van der Waals surface area contributed by atoms with Gasteiger partial charge in [0.1, 0.15) is 0 Å². The average Bonchev–Trinajstić information content (AvgIpc) is 2.50. The summed E-state index contributed by atoms with van der Waals surface area (Å²) in [6.07, 6.45) is 0. The van der Waals surface area contributed by atoms with Gasteiger partial charge in [-0.15, -0.1) is 0 Å². The molecule has 0 fully saturated rings. The Labute approximate surface area is 118 Å². The van der Waals surface area contributed by atoms with Crippen LogP contribution in [-0.2, 0) is 4.74 Å². The fourth-order valence-electron chi connectivity index (χ4n) is 1.77. The van der Waals surface area contributed by atoms with Crippen molar-refractivity contribution in [2.75, 3.05) is 26.3 Å². The predicted octanol–water partition coefficient (Wildman–Crippen LogP) is 1.28. The monoisotopic (exact) mass is 279 g/mol. The summed E-state index contributed by atoms with van der Waals surface area (Å²) in [5, 5.41) is 11.6. The first-order chi connectivity index (χ1) is 9.63. The van der Waals surface area contributed by atoms with Gasteiger partial charge in [0.15, 0.2) is 5.84 Å². The van der Waals surface area contributed by atoms with Crippen LogP contribution in [0.25, 0.3) is 0 Å². The van der Waals surface area contributed by atoms with Crippen LogP contribution < -0.4 is 5.73 Å². The van der Waals surface area contributed by atoms with E-state index in [2.05, 4.69) is 5.16 Å². The molecule has 0 heterocycles. The largest absolute Gasteiger partial charge is 0.409 e. The topological polar surface area (TPSA) is 88.2 Å². The van der Waals surface area contributed by atoms with Crippen LogP contribution in [0.5, 0.6) is 0 Å². The molecular formula is C14H21N3O3. The van der Waals surface area contributed by atoms with E-state index in [9.17, 15) is 4.79 Å². The molecule has 0 aliphatic carbocycles. The molecule has 6 nitrogen and oxygen atoms in total. The maximum Gasteiger partial charge on any atom is 0.253 e. The summed E-state index contributed by atoms with van der Waals surface area (Å²) in [6.45, 7) is 6.10. The van der Waals surface area contributed by atoms with Crippen LogP contribution in [0.1, 0.15) is 29.8 Å². The zero-order chi connectivity index (χ0) is 15.0. The van der Waals surface area contributed by atoms with Crippen molar-refractivity contribution in [1.29, 1.82) is 0 Å². The van der Waals surface area contributed by atoms with E-state index in [1.54, 1.807) is 29.2 Å². The highest BCUT2D eigenvalue weighted by molar-refractivity contribution is 6.01. The highest BCUT2D eigenvalue weighted by atomic mass is 16.5. The third kappa shape index (κ3) is 4.24. The standard InChI is InChI=1S/C14H21N3O3/c1-3-17(8-9-20-4-2)14(18)12-7-5-6-11(10-12)13(15)16-19/h5-7,10,19H,3-4,8-9H2,1-2H3,(H2,15,16). The van der Waals surface area contributed by atoms with Crippen LogP contribution in [0.4, 0.5) is 0 Å². The Balaban J connectivity index is 2.84. The molecule has 1 amide bonds. The van der Waals surface area contributed by atoms with E-state index in [0.29, 0.717) is 37.4 Å². The molecule has 0 unspecified atom stereocenters. The van der Waals surface area contributed by atoms with Gasteiger partial charge in [0.05, 0.1) is 6.61 Å². The zero-order valence-corrected chi connectivity index (χ0v) is 11.9. The minimum absolute atomic E-state index is 0.0167. The third-order valence-electron chi connectivity index (χ3n) is 2.89. The number of nitrogens with zero attached hydrogens (tertiary/aromatic N) is 2. The van der Waals surface area contributed by atoms with Crippen molar-refractivity contribution in [2.24, 2.45) is 10.9 Å². The van der Waals surface area contributed by atoms with Crippen molar-refractivity contribution >= 4 is 11.7 Å². The van der Waals surface area contributed by atoms with Crippen LogP contribution in [0.3, 0.4) is 0 Å². The van der Waals surface area contributed by atoms with E-state index in [1.165, 1.54) is 0 Å². The summed E-state index contributed by atoms with van der Waals surface area (Å²) in [7, 11) is 0. The number of nitrogens with two attached hydrogens (primary N) is 1. The lowest BCUT2D eigenvalue weighted by Gasteiger charge is -2.21. The van der Waals surface area contributed by atoms with E-state index in [0.717, 1.165) is 0 Å². The second kappa shape index (κ2) is 8.16. The number of rotatable bonds is 7. The molecule has 1 rings (SSSR count). The fraction of sp³-hybridized carbons (Fsp3) is 0.429. The first-order valence-corrected chi connectivity index (χ1v) is 6.59. The van der Waals surface area contributed by atoms with Gasteiger partial charge in [0.2, 0.25) is 0 Å². The van der Waals surface area contributed by atoms with Crippen molar-refractivity contribution in [3.05, 3.63) is 35.4 Å². The molecule has 6 heteroatoms. The van der Waals surface area contributed by atoms with Gasteiger partial charge in [-0.1, -0.05) is 17.3 Å². The number of likely N-dealkylation sites (N-methyl/N-ethyl adjacent to an activating group) is 1. The lowest BCUT2D eigenvalue weighted by atomic mass is 10.1. The Morgan fingerprint density at radius 1 is 1.40 bits per heavy atom. The molecule has 0 aliphatic heterocycles. The lowest BCUT2D eigenvalue weighted by molar-refractivity contribution is 0.0669. The highest BCUT2D eigenvalue weighted by Gasteiger charge is 2.14. The van der Waals surface area contributed by atoms with Crippen LogP contribution >= 0.6 is 0 Å². The summed E-state index contributed by atoms with van der Waals surface area (Å²) >= 11 is 0. The molecule has 0 atom stereocenters. The van der Waals surface area contributed by atoms with Crippen LogP contribution in [0.2, 0.25) is 0 Å². The molecule has 0 saturated heterocycles. The molecule has 0 radical (unpaired) electrons. The molecule has 0 saturated carbocycles. The lowest BCUT2D eigenvalue weighted by Crippen LogP contribution is -2.34. The van der Waals surface area contributed by atoms with E-state index < -0.39 is 0 Å². The first kappa shape index (κ1) is 16.0. The Morgan fingerprint density at radius 3 is 2.70 bits per heavy atom. The van der Waals surface area contributed by atoms with Crippen LogP contribution in [0.15, 0.2) is 29.4 Å². The van der Waals surface area contributed by atoms with Gasteiger partial charge >= 0.3 is 0 Å². The van der Waals surface area contributed by atoms with Gasteiger partial charge in [-0.2, -0.15) is 0 Å². The maximum atomic E-state index is 12.4. The number of hydrogen-bond donors (Lipinski definition) is 2. The van der Waals surface area contributed by atoms with Gasteiger partial charge in [0, 0.05) is 30.8 Å². The molecular weight excluding hydrogens is 258 g/mol. The molecule has 20 heavy (non-hydrogen) atoms. The number of amidine groups is 1. The first-order valence-electron chi connectivity index (χ1n) is 6.59. The minimum Gasteiger partial charge on any atom is -0.409 e. The molecule has 0 bridgehead atoms. The maximum absolute atomic E-state index is 12.4. The van der Waals surface area contributed by atoms with E-state index in [1.807, 2.05) is 13.8 Å². The number of ether oxygens (including phenoxy) is 1. The second-order valence-electron chi connectivity index (χ2n) is 4.15. The fourth-order valence-corrected chi connectivity index (χ4v) is 1.77. The Kier molecular flexibility index (Phi) is 6.52. The molecule has 0 aromatic heterocycles. The van der Waals surface area contributed by atoms with Gasteiger partial charge in [-0.3, -0.25) is 4.79 Å². The van der Waals surface area contributed by atoms with Crippen molar-refractivity contribution in [3.8, 4) is 0 Å². The summed E-state index contributed by atoms with van der Waals surface area (Å²) in [4.78, 5) is 14.1.